The van der Waals surface area contributed by atoms with E-state index in [0.717, 1.165) is 44.8 Å². The van der Waals surface area contributed by atoms with Gasteiger partial charge in [0.1, 0.15) is 11.5 Å². The van der Waals surface area contributed by atoms with Gasteiger partial charge in [-0.15, -0.1) is 5.10 Å². The molecule has 0 radical (unpaired) electrons. The summed E-state index contributed by atoms with van der Waals surface area (Å²) in [6.07, 6.45) is 2.84. The molecule has 1 aromatic carbocycles. The van der Waals surface area contributed by atoms with Crippen LogP contribution in [0.15, 0.2) is 30.5 Å². The molecule has 0 amide bonds. The standard InChI is InChI=1S/C14H18FN5/c15-13-4-1-2-5-14(13)20-12(10-17-18-20)11-19-8-3-6-16-7-9-19/h1-2,4-5,10,16H,3,6-9,11H2. The molecule has 6 heteroatoms. The molecule has 0 aliphatic carbocycles. The van der Waals surface area contributed by atoms with Gasteiger partial charge in [0.25, 0.3) is 0 Å². The molecular formula is C14H18FN5. The fourth-order valence-corrected chi connectivity index (χ4v) is 2.48. The van der Waals surface area contributed by atoms with E-state index < -0.39 is 0 Å². The van der Waals surface area contributed by atoms with Gasteiger partial charge in [-0.1, -0.05) is 17.3 Å². The van der Waals surface area contributed by atoms with E-state index in [4.69, 9.17) is 0 Å². The first-order valence-electron chi connectivity index (χ1n) is 6.92. The van der Waals surface area contributed by atoms with Gasteiger partial charge in [-0.25, -0.2) is 9.07 Å². The van der Waals surface area contributed by atoms with Gasteiger partial charge in [0.15, 0.2) is 0 Å². The maximum atomic E-state index is 13.9. The number of hydrogen-bond acceptors (Lipinski definition) is 4. The van der Waals surface area contributed by atoms with E-state index in [1.165, 1.54) is 6.07 Å². The van der Waals surface area contributed by atoms with Crippen molar-refractivity contribution in [3.8, 4) is 5.69 Å². The molecule has 106 valence electrons. The molecule has 1 aliphatic heterocycles. The molecule has 0 unspecified atom stereocenters. The second kappa shape index (κ2) is 6.11. The van der Waals surface area contributed by atoms with Crippen molar-refractivity contribution in [2.75, 3.05) is 26.2 Å². The third-order valence-electron chi connectivity index (χ3n) is 3.52. The lowest BCUT2D eigenvalue weighted by atomic mass is 10.3. The topological polar surface area (TPSA) is 46.0 Å². The lowest BCUT2D eigenvalue weighted by Gasteiger charge is -2.19. The zero-order valence-corrected chi connectivity index (χ0v) is 11.3. The first kappa shape index (κ1) is 13.2. The van der Waals surface area contributed by atoms with Gasteiger partial charge in [0.2, 0.25) is 0 Å². The average molecular weight is 275 g/mol. The van der Waals surface area contributed by atoms with Crippen LogP contribution >= 0.6 is 0 Å². The molecule has 20 heavy (non-hydrogen) atoms. The number of halogens is 1. The predicted molar refractivity (Wildman–Crippen MR) is 74.1 cm³/mol. The lowest BCUT2D eigenvalue weighted by Crippen LogP contribution is -2.28. The van der Waals surface area contributed by atoms with Crippen LogP contribution in [0.1, 0.15) is 12.1 Å². The minimum absolute atomic E-state index is 0.281. The summed E-state index contributed by atoms with van der Waals surface area (Å²) in [4.78, 5) is 2.34. The molecule has 3 rings (SSSR count). The Morgan fingerprint density at radius 3 is 3.00 bits per heavy atom. The monoisotopic (exact) mass is 275 g/mol. The second-order valence-electron chi connectivity index (χ2n) is 4.97. The van der Waals surface area contributed by atoms with Crippen LogP contribution in [-0.4, -0.2) is 46.1 Å². The highest BCUT2D eigenvalue weighted by molar-refractivity contribution is 5.33. The SMILES string of the molecule is Fc1ccccc1-n1nncc1CN1CCCNCC1. The summed E-state index contributed by atoms with van der Waals surface area (Å²) in [6, 6.07) is 6.64. The van der Waals surface area contributed by atoms with E-state index in [0.29, 0.717) is 5.69 Å². The van der Waals surface area contributed by atoms with Crippen LogP contribution in [0, 0.1) is 5.82 Å². The minimum atomic E-state index is -0.281. The Hall–Kier alpha value is -1.79. The zero-order chi connectivity index (χ0) is 13.8. The van der Waals surface area contributed by atoms with Crippen LogP contribution in [0.2, 0.25) is 0 Å². The Bertz CT molecular complexity index is 560. The van der Waals surface area contributed by atoms with Crippen LogP contribution in [0.4, 0.5) is 4.39 Å². The highest BCUT2D eigenvalue weighted by Crippen LogP contribution is 2.15. The normalized spacial score (nSPS) is 17.1. The number of aromatic nitrogens is 3. The molecule has 0 spiro atoms. The second-order valence-corrected chi connectivity index (χ2v) is 4.97. The Balaban J connectivity index is 1.81. The number of para-hydroxylation sites is 1. The van der Waals surface area contributed by atoms with Crippen LogP contribution in [0.3, 0.4) is 0 Å². The molecule has 5 nitrogen and oxygen atoms in total. The third-order valence-corrected chi connectivity index (χ3v) is 3.52. The first-order chi connectivity index (χ1) is 9.84. The van der Waals surface area contributed by atoms with Gasteiger partial charge in [-0.3, -0.25) is 4.90 Å². The van der Waals surface area contributed by atoms with Crippen molar-refractivity contribution >= 4 is 0 Å². The summed E-state index contributed by atoms with van der Waals surface area (Å²) in [5, 5.41) is 11.3. The fourth-order valence-electron chi connectivity index (χ4n) is 2.48. The zero-order valence-electron chi connectivity index (χ0n) is 11.3. The van der Waals surface area contributed by atoms with Gasteiger partial charge in [0.05, 0.1) is 11.9 Å². The molecule has 1 aliphatic rings. The number of hydrogen-bond donors (Lipinski definition) is 1. The van der Waals surface area contributed by atoms with E-state index in [1.807, 2.05) is 0 Å². The molecule has 0 bridgehead atoms. The van der Waals surface area contributed by atoms with Crippen LogP contribution < -0.4 is 5.32 Å². The maximum Gasteiger partial charge on any atom is 0.148 e. The van der Waals surface area contributed by atoms with Gasteiger partial charge in [0, 0.05) is 19.6 Å². The number of rotatable bonds is 3. The predicted octanol–water partition coefficient (Wildman–Crippen LogP) is 1.20. The van der Waals surface area contributed by atoms with Crippen molar-refractivity contribution in [3.63, 3.8) is 0 Å². The molecular weight excluding hydrogens is 257 g/mol. The first-order valence-corrected chi connectivity index (χ1v) is 6.92. The lowest BCUT2D eigenvalue weighted by molar-refractivity contribution is 0.278. The smallest absolute Gasteiger partial charge is 0.148 e. The summed E-state index contributed by atoms with van der Waals surface area (Å²) in [5.41, 5.74) is 1.37. The van der Waals surface area contributed by atoms with Crippen molar-refractivity contribution in [2.45, 2.75) is 13.0 Å². The summed E-state index contributed by atoms with van der Waals surface area (Å²) in [5.74, 6) is -0.281. The molecule has 1 aromatic heterocycles. The summed E-state index contributed by atoms with van der Waals surface area (Å²) >= 11 is 0. The van der Waals surface area contributed by atoms with Gasteiger partial charge >= 0.3 is 0 Å². The average Bonchev–Trinajstić information content (AvgIpc) is 2.75. The van der Waals surface area contributed by atoms with E-state index in [9.17, 15) is 4.39 Å². The van der Waals surface area contributed by atoms with Crippen LogP contribution in [0.5, 0.6) is 0 Å². The van der Waals surface area contributed by atoms with Crippen molar-refractivity contribution in [2.24, 2.45) is 0 Å². The van der Waals surface area contributed by atoms with Crippen LogP contribution in [0.25, 0.3) is 5.69 Å². The number of nitrogens with zero attached hydrogens (tertiary/aromatic N) is 4. The van der Waals surface area contributed by atoms with Gasteiger partial charge < -0.3 is 5.32 Å². The van der Waals surface area contributed by atoms with Crippen molar-refractivity contribution in [1.29, 1.82) is 0 Å². The van der Waals surface area contributed by atoms with Crippen molar-refractivity contribution in [3.05, 3.63) is 42.0 Å². The van der Waals surface area contributed by atoms with E-state index >= 15 is 0 Å². The van der Waals surface area contributed by atoms with E-state index in [-0.39, 0.29) is 5.82 Å². The molecule has 2 heterocycles. The summed E-state index contributed by atoms with van der Waals surface area (Å²) < 4.78 is 15.5. The van der Waals surface area contributed by atoms with Gasteiger partial charge in [-0.05, 0) is 31.6 Å². The molecule has 2 aromatic rings. The Labute approximate surface area is 117 Å². The largest absolute Gasteiger partial charge is 0.315 e. The highest BCUT2D eigenvalue weighted by atomic mass is 19.1. The Morgan fingerprint density at radius 2 is 2.10 bits per heavy atom. The number of nitrogens with one attached hydrogen (secondary N) is 1. The highest BCUT2D eigenvalue weighted by Gasteiger charge is 2.14. The summed E-state index contributed by atoms with van der Waals surface area (Å²) in [6.45, 7) is 4.81. The maximum absolute atomic E-state index is 13.9. The quantitative estimate of drug-likeness (QED) is 0.914. The third kappa shape index (κ3) is 2.86. The van der Waals surface area contributed by atoms with Gasteiger partial charge in [-0.2, -0.15) is 0 Å². The van der Waals surface area contributed by atoms with E-state index in [1.54, 1.807) is 29.1 Å². The fraction of sp³-hybridized carbons (Fsp3) is 0.429. The molecule has 0 saturated carbocycles. The van der Waals surface area contributed by atoms with Crippen molar-refractivity contribution in [1.82, 2.24) is 25.2 Å². The number of benzene rings is 1. The molecule has 0 atom stereocenters. The Kier molecular flexibility index (Phi) is 4.03. The summed E-state index contributed by atoms with van der Waals surface area (Å²) in [7, 11) is 0. The van der Waals surface area contributed by atoms with Crippen LogP contribution in [-0.2, 0) is 6.54 Å². The Morgan fingerprint density at radius 1 is 1.20 bits per heavy atom. The minimum Gasteiger partial charge on any atom is -0.315 e. The van der Waals surface area contributed by atoms with E-state index in [2.05, 4.69) is 20.5 Å². The molecule has 1 fully saturated rings. The molecule has 1 N–H and O–H groups in total. The van der Waals surface area contributed by atoms with Crippen molar-refractivity contribution < 1.29 is 4.39 Å². The molecule has 1 saturated heterocycles.